The molecule has 1 unspecified atom stereocenters. The van der Waals surface area contributed by atoms with Crippen LogP contribution in [0.1, 0.15) is 26.2 Å². The summed E-state index contributed by atoms with van der Waals surface area (Å²) in [5, 5.41) is 4.84. The van der Waals surface area contributed by atoms with Crippen LogP contribution in [0.3, 0.4) is 0 Å². The molecule has 1 saturated carbocycles. The molecule has 1 aromatic carbocycles. The van der Waals surface area contributed by atoms with E-state index in [1.54, 1.807) is 0 Å². The highest BCUT2D eigenvalue weighted by molar-refractivity contribution is 5.90. The smallest absolute Gasteiger partial charge is 0.0722 e. The number of hydrogen-bond acceptors (Lipinski definition) is 2. The van der Waals surface area contributed by atoms with Gasteiger partial charge in [-0.25, -0.2) is 0 Å². The molecule has 1 aromatic heterocycles. The zero-order valence-corrected chi connectivity index (χ0v) is 10.2. The normalized spacial score (nSPS) is 17.0. The maximum absolute atomic E-state index is 4.38. The van der Waals surface area contributed by atoms with E-state index in [9.17, 15) is 0 Å². The number of nitrogens with zero attached hydrogens (tertiary/aromatic N) is 1. The van der Waals surface area contributed by atoms with Gasteiger partial charge in [0.1, 0.15) is 0 Å². The summed E-state index contributed by atoms with van der Waals surface area (Å²) in [6.07, 6.45) is 6.01. The minimum Gasteiger partial charge on any atom is -0.382 e. The Morgan fingerprint density at radius 2 is 2.12 bits per heavy atom. The molecule has 2 nitrogen and oxygen atoms in total. The van der Waals surface area contributed by atoms with Crippen molar-refractivity contribution in [1.29, 1.82) is 0 Å². The van der Waals surface area contributed by atoms with E-state index in [1.807, 2.05) is 12.3 Å². The monoisotopic (exact) mass is 226 g/mol. The fourth-order valence-corrected chi connectivity index (χ4v) is 2.40. The molecule has 1 fully saturated rings. The van der Waals surface area contributed by atoms with Crippen LogP contribution in [-0.2, 0) is 0 Å². The molecule has 1 aliphatic carbocycles. The van der Waals surface area contributed by atoms with Crippen LogP contribution in [0.5, 0.6) is 0 Å². The second kappa shape index (κ2) is 4.36. The lowest BCUT2D eigenvalue weighted by molar-refractivity contribution is 0.643. The third-order valence-electron chi connectivity index (χ3n) is 3.43. The number of para-hydroxylation sites is 1. The van der Waals surface area contributed by atoms with E-state index < -0.39 is 0 Å². The Labute approximate surface area is 102 Å². The molecule has 1 aliphatic rings. The van der Waals surface area contributed by atoms with Crippen LogP contribution in [0, 0.1) is 5.92 Å². The van der Waals surface area contributed by atoms with Crippen LogP contribution in [-0.4, -0.2) is 11.0 Å². The van der Waals surface area contributed by atoms with Gasteiger partial charge < -0.3 is 5.32 Å². The zero-order chi connectivity index (χ0) is 11.7. The van der Waals surface area contributed by atoms with Gasteiger partial charge in [-0.15, -0.1) is 0 Å². The first-order chi connectivity index (χ1) is 8.33. The summed E-state index contributed by atoms with van der Waals surface area (Å²) in [6.45, 7) is 2.27. The van der Waals surface area contributed by atoms with Gasteiger partial charge in [0.25, 0.3) is 0 Å². The van der Waals surface area contributed by atoms with E-state index in [0.29, 0.717) is 6.04 Å². The first-order valence-corrected chi connectivity index (χ1v) is 6.43. The third-order valence-corrected chi connectivity index (χ3v) is 3.43. The van der Waals surface area contributed by atoms with Crippen LogP contribution in [0.15, 0.2) is 36.5 Å². The molecule has 0 saturated heterocycles. The van der Waals surface area contributed by atoms with E-state index in [1.165, 1.54) is 30.3 Å². The number of aromatic nitrogens is 1. The Hall–Kier alpha value is -1.57. The first-order valence-electron chi connectivity index (χ1n) is 6.43. The molecule has 0 amide bonds. The second-order valence-corrected chi connectivity index (χ2v) is 5.10. The van der Waals surface area contributed by atoms with Crippen LogP contribution in [0.2, 0.25) is 0 Å². The number of nitrogens with one attached hydrogen (secondary N) is 1. The summed E-state index contributed by atoms with van der Waals surface area (Å²) in [5.41, 5.74) is 2.28. The van der Waals surface area contributed by atoms with Gasteiger partial charge >= 0.3 is 0 Å². The van der Waals surface area contributed by atoms with E-state index in [0.717, 1.165) is 11.4 Å². The number of rotatable bonds is 4. The summed E-state index contributed by atoms with van der Waals surface area (Å²) in [7, 11) is 0. The predicted octanol–water partition coefficient (Wildman–Crippen LogP) is 3.84. The van der Waals surface area contributed by atoms with Crippen molar-refractivity contribution >= 4 is 16.6 Å². The molecule has 17 heavy (non-hydrogen) atoms. The lowest BCUT2D eigenvalue weighted by atomic mass is 10.1. The average molecular weight is 226 g/mol. The van der Waals surface area contributed by atoms with E-state index in [-0.39, 0.29) is 0 Å². The van der Waals surface area contributed by atoms with Crippen molar-refractivity contribution in [2.45, 2.75) is 32.2 Å². The molecular weight excluding hydrogens is 208 g/mol. The van der Waals surface area contributed by atoms with Crippen molar-refractivity contribution in [1.82, 2.24) is 4.98 Å². The SMILES string of the molecule is CC(CC1CC1)Nc1ccnc2ccccc12. The summed E-state index contributed by atoms with van der Waals surface area (Å²) in [4.78, 5) is 4.38. The quantitative estimate of drug-likeness (QED) is 0.856. The standard InChI is InChI=1S/C15H18N2/c1-11(10-12-6-7-12)17-15-8-9-16-14-5-3-2-4-13(14)15/h2-5,8-9,11-12H,6-7,10H2,1H3,(H,16,17). The van der Waals surface area contributed by atoms with Crippen LogP contribution < -0.4 is 5.32 Å². The Bertz CT molecular complexity index is 512. The Morgan fingerprint density at radius 3 is 2.94 bits per heavy atom. The molecule has 2 heteroatoms. The predicted molar refractivity (Wildman–Crippen MR) is 72.2 cm³/mol. The highest BCUT2D eigenvalue weighted by Gasteiger charge is 2.23. The van der Waals surface area contributed by atoms with Gasteiger partial charge in [0.05, 0.1) is 5.52 Å². The molecular formula is C15H18N2. The van der Waals surface area contributed by atoms with Gasteiger partial charge in [-0.3, -0.25) is 4.98 Å². The van der Waals surface area contributed by atoms with Gasteiger partial charge in [0.15, 0.2) is 0 Å². The number of benzene rings is 1. The highest BCUT2D eigenvalue weighted by Crippen LogP contribution is 2.34. The van der Waals surface area contributed by atoms with Gasteiger partial charge in [0, 0.05) is 23.3 Å². The Balaban J connectivity index is 1.83. The van der Waals surface area contributed by atoms with E-state index >= 15 is 0 Å². The minimum absolute atomic E-state index is 0.549. The van der Waals surface area contributed by atoms with Crippen molar-refractivity contribution in [2.24, 2.45) is 5.92 Å². The summed E-state index contributed by atoms with van der Waals surface area (Å²) in [6, 6.07) is 10.9. The Kier molecular flexibility index (Phi) is 2.71. The van der Waals surface area contributed by atoms with Crippen molar-refractivity contribution in [2.75, 3.05) is 5.32 Å². The maximum Gasteiger partial charge on any atom is 0.0722 e. The fraction of sp³-hybridized carbons (Fsp3) is 0.400. The molecule has 0 radical (unpaired) electrons. The van der Waals surface area contributed by atoms with Crippen LogP contribution >= 0.6 is 0 Å². The van der Waals surface area contributed by atoms with Crippen LogP contribution in [0.4, 0.5) is 5.69 Å². The second-order valence-electron chi connectivity index (χ2n) is 5.10. The maximum atomic E-state index is 4.38. The molecule has 1 N–H and O–H groups in total. The fourth-order valence-electron chi connectivity index (χ4n) is 2.40. The molecule has 2 aromatic rings. The summed E-state index contributed by atoms with van der Waals surface area (Å²) >= 11 is 0. The number of hydrogen-bond donors (Lipinski definition) is 1. The number of fused-ring (bicyclic) bond motifs is 1. The molecule has 0 bridgehead atoms. The van der Waals surface area contributed by atoms with Crippen molar-refractivity contribution in [3.8, 4) is 0 Å². The molecule has 1 heterocycles. The van der Waals surface area contributed by atoms with E-state index in [2.05, 4.69) is 41.5 Å². The minimum atomic E-state index is 0.549. The third kappa shape index (κ3) is 2.41. The zero-order valence-electron chi connectivity index (χ0n) is 10.2. The Morgan fingerprint density at radius 1 is 1.29 bits per heavy atom. The molecule has 0 spiro atoms. The lowest BCUT2D eigenvalue weighted by Crippen LogP contribution is -2.15. The van der Waals surface area contributed by atoms with Gasteiger partial charge in [-0.05, 0) is 31.4 Å². The molecule has 3 rings (SSSR count). The molecule has 88 valence electrons. The number of anilines is 1. The van der Waals surface area contributed by atoms with Crippen molar-refractivity contribution < 1.29 is 0 Å². The lowest BCUT2D eigenvalue weighted by Gasteiger charge is -2.16. The van der Waals surface area contributed by atoms with Gasteiger partial charge in [0.2, 0.25) is 0 Å². The van der Waals surface area contributed by atoms with Crippen LogP contribution in [0.25, 0.3) is 10.9 Å². The van der Waals surface area contributed by atoms with Gasteiger partial charge in [-0.1, -0.05) is 31.0 Å². The number of pyridine rings is 1. The summed E-state index contributed by atoms with van der Waals surface area (Å²) < 4.78 is 0. The average Bonchev–Trinajstić information content (AvgIpc) is 3.13. The topological polar surface area (TPSA) is 24.9 Å². The molecule has 0 aliphatic heterocycles. The summed E-state index contributed by atoms with van der Waals surface area (Å²) in [5.74, 6) is 0.964. The largest absolute Gasteiger partial charge is 0.382 e. The molecule has 1 atom stereocenters. The van der Waals surface area contributed by atoms with Gasteiger partial charge in [-0.2, -0.15) is 0 Å². The highest BCUT2D eigenvalue weighted by atomic mass is 14.9. The van der Waals surface area contributed by atoms with E-state index in [4.69, 9.17) is 0 Å². The first kappa shape index (κ1) is 10.6. The van der Waals surface area contributed by atoms with Crippen molar-refractivity contribution in [3.05, 3.63) is 36.5 Å². The van der Waals surface area contributed by atoms with Crippen molar-refractivity contribution in [3.63, 3.8) is 0 Å².